The minimum Gasteiger partial charge on any atom is -0.489 e. The quantitative estimate of drug-likeness (QED) is 0.0788. The fourth-order valence-electron chi connectivity index (χ4n) is 3.79. The van der Waals surface area contributed by atoms with Crippen molar-refractivity contribution in [2.75, 3.05) is 10.6 Å². The van der Waals surface area contributed by atoms with Gasteiger partial charge in [-0.25, -0.2) is 18.4 Å². The largest absolute Gasteiger partial charge is 0.489 e. The van der Waals surface area contributed by atoms with E-state index in [2.05, 4.69) is 15.6 Å². The van der Waals surface area contributed by atoms with Gasteiger partial charge in [-0.05, 0) is 30.3 Å². The van der Waals surface area contributed by atoms with E-state index in [4.69, 9.17) is 24.5 Å². The number of carbonyl (C=O) groups excluding carboxylic acids is 2. The average molecular weight is 574 g/mol. The second kappa shape index (κ2) is 13.0. The predicted octanol–water partition coefficient (Wildman–Crippen LogP) is 4.91. The minimum absolute atomic E-state index is 0.109. The van der Waals surface area contributed by atoms with Crippen LogP contribution in [0.1, 0.15) is 26.3 Å². The van der Waals surface area contributed by atoms with Crippen molar-refractivity contribution in [3.8, 4) is 5.75 Å². The van der Waals surface area contributed by atoms with E-state index in [0.717, 1.165) is 17.7 Å². The highest BCUT2D eigenvalue weighted by atomic mass is 19.1. The number of nitrogens with one attached hydrogen (secondary N) is 2. The Labute approximate surface area is 236 Å². The molecule has 42 heavy (non-hydrogen) atoms. The number of carbonyl (C=O) groups is 4. The number of ketones is 2. The molecule has 212 valence electrons. The molecule has 1 aromatic heterocycles. The number of aromatic nitrogens is 1. The van der Waals surface area contributed by atoms with Crippen LogP contribution in [0.4, 0.5) is 20.2 Å². The molecule has 0 saturated carbocycles. The van der Waals surface area contributed by atoms with Crippen molar-refractivity contribution in [1.82, 2.24) is 4.98 Å². The third-order valence-electron chi connectivity index (χ3n) is 5.69. The molecule has 0 spiro atoms. The number of aliphatic carboxylic acids is 2. The zero-order valence-corrected chi connectivity index (χ0v) is 21.5. The maximum absolute atomic E-state index is 13.9. The Balaban J connectivity index is 0.000000612. The van der Waals surface area contributed by atoms with Crippen LogP contribution in [-0.4, -0.2) is 38.7 Å². The van der Waals surface area contributed by atoms with Crippen molar-refractivity contribution in [2.45, 2.75) is 6.61 Å². The number of hydrogen-bond acceptors (Lipinski definition) is 8. The molecule has 1 aliphatic rings. The van der Waals surface area contributed by atoms with E-state index in [1.54, 1.807) is 60.9 Å². The summed E-state index contributed by atoms with van der Waals surface area (Å²) in [4.78, 5) is 49.1. The lowest BCUT2D eigenvalue weighted by Crippen LogP contribution is -2.21. The molecule has 0 amide bonds. The molecule has 0 bridgehead atoms. The van der Waals surface area contributed by atoms with Crippen LogP contribution in [0.3, 0.4) is 0 Å². The van der Waals surface area contributed by atoms with E-state index in [-0.39, 0.29) is 22.5 Å². The van der Waals surface area contributed by atoms with Gasteiger partial charge in [0.1, 0.15) is 35.4 Å². The Morgan fingerprint density at radius 3 is 2.00 bits per heavy atom. The van der Waals surface area contributed by atoms with Gasteiger partial charge in [0, 0.05) is 41.2 Å². The monoisotopic (exact) mass is 573 g/mol. The number of hydrogen-bond donors (Lipinski definition) is 4. The predicted molar refractivity (Wildman–Crippen MR) is 146 cm³/mol. The van der Waals surface area contributed by atoms with Crippen LogP contribution in [0.25, 0.3) is 0 Å². The molecule has 0 atom stereocenters. The van der Waals surface area contributed by atoms with E-state index in [1.165, 1.54) is 0 Å². The highest BCUT2D eigenvalue weighted by molar-refractivity contribution is 6.32. The number of halogens is 2. The van der Waals surface area contributed by atoms with E-state index in [0.29, 0.717) is 29.8 Å². The molecule has 12 heteroatoms. The first-order valence-electron chi connectivity index (χ1n) is 12.1. The van der Waals surface area contributed by atoms with Crippen molar-refractivity contribution < 1.29 is 42.9 Å². The number of benzene rings is 3. The second-order valence-corrected chi connectivity index (χ2v) is 8.65. The SMILES string of the molecule is O=C(/C(C(=O)c1cc(F)cc(F)c1)=C1\Nc2ccc(OCc3cccnc3)cc2N1)c1ccccc1.O=C(O)C(=O)O. The number of rotatable bonds is 7. The van der Waals surface area contributed by atoms with Gasteiger partial charge in [-0.3, -0.25) is 14.6 Å². The van der Waals surface area contributed by atoms with E-state index in [1.807, 2.05) is 12.1 Å². The molecular formula is C30H21F2N3O7. The summed E-state index contributed by atoms with van der Waals surface area (Å²) in [5, 5.41) is 20.9. The van der Waals surface area contributed by atoms with Gasteiger partial charge in [0.05, 0.1) is 11.4 Å². The normalized spacial score (nSPS) is 12.4. The van der Waals surface area contributed by atoms with Crippen LogP contribution in [0.2, 0.25) is 0 Å². The highest BCUT2D eigenvalue weighted by Crippen LogP contribution is 2.36. The molecule has 0 fully saturated rings. The van der Waals surface area contributed by atoms with Gasteiger partial charge in [-0.2, -0.15) is 0 Å². The van der Waals surface area contributed by atoms with Gasteiger partial charge in [0.2, 0.25) is 11.6 Å². The fourth-order valence-corrected chi connectivity index (χ4v) is 3.79. The minimum atomic E-state index is -1.82. The highest BCUT2D eigenvalue weighted by Gasteiger charge is 2.30. The molecule has 4 N–H and O–H groups in total. The summed E-state index contributed by atoms with van der Waals surface area (Å²) < 4.78 is 33.6. The number of fused-ring (bicyclic) bond motifs is 1. The lowest BCUT2D eigenvalue weighted by atomic mass is 9.95. The van der Waals surface area contributed by atoms with Gasteiger partial charge in [-0.15, -0.1) is 0 Å². The van der Waals surface area contributed by atoms with Gasteiger partial charge >= 0.3 is 11.9 Å². The Morgan fingerprint density at radius 1 is 0.738 bits per heavy atom. The smallest absolute Gasteiger partial charge is 0.414 e. The Hall–Kier alpha value is -5.91. The van der Waals surface area contributed by atoms with Crippen molar-refractivity contribution in [2.24, 2.45) is 0 Å². The molecule has 3 aromatic carbocycles. The standard InChI is InChI=1S/C28H19F2N3O3.C2H2O4/c29-20-11-19(12-21(30)13-20)27(35)25(26(34)18-6-2-1-3-7-18)28-32-23-9-8-22(14-24(23)33-28)36-16-17-5-4-10-31-15-17;3-1(4)2(5)6/h1-15,32-33H,16H2;(H,3,4)(H,5,6)/b28-25-;. The number of anilines is 2. The van der Waals surface area contributed by atoms with Crippen LogP contribution in [0.5, 0.6) is 5.75 Å². The third-order valence-corrected chi connectivity index (χ3v) is 5.69. The van der Waals surface area contributed by atoms with E-state index in [9.17, 15) is 18.4 Å². The number of carboxylic acids is 2. The van der Waals surface area contributed by atoms with Crippen LogP contribution in [0, 0.1) is 11.6 Å². The Bertz CT molecular complexity index is 1660. The van der Waals surface area contributed by atoms with Crippen LogP contribution < -0.4 is 15.4 Å². The van der Waals surface area contributed by atoms with Crippen LogP contribution in [-0.2, 0) is 16.2 Å². The lowest BCUT2D eigenvalue weighted by Gasteiger charge is -2.11. The topological polar surface area (TPSA) is 155 Å². The van der Waals surface area contributed by atoms with Crippen LogP contribution in [0.15, 0.2) is 103 Å². The fraction of sp³-hybridized carbons (Fsp3) is 0.0333. The molecule has 2 heterocycles. The molecule has 0 unspecified atom stereocenters. The van der Waals surface area contributed by atoms with Crippen molar-refractivity contribution in [1.29, 1.82) is 0 Å². The maximum Gasteiger partial charge on any atom is 0.414 e. The number of pyridine rings is 1. The molecule has 0 radical (unpaired) electrons. The van der Waals surface area contributed by atoms with E-state index >= 15 is 0 Å². The number of allylic oxidation sites excluding steroid dienone is 1. The summed E-state index contributed by atoms with van der Waals surface area (Å²) in [5.41, 5.74) is 1.78. The molecule has 0 aliphatic carbocycles. The number of Topliss-reactive ketones (excluding diaryl/α,β-unsaturated/α-hetero) is 2. The molecule has 1 aliphatic heterocycles. The number of carboxylic acid groups (broad SMARTS) is 2. The molecule has 5 rings (SSSR count). The maximum atomic E-state index is 13.9. The van der Waals surface area contributed by atoms with Gasteiger partial charge in [-0.1, -0.05) is 36.4 Å². The lowest BCUT2D eigenvalue weighted by molar-refractivity contribution is -0.159. The zero-order valence-electron chi connectivity index (χ0n) is 21.5. The molecule has 10 nitrogen and oxygen atoms in total. The first-order chi connectivity index (χ1) is 20.1. The summed E-state index contributed by atoms with van der Waals surface area (Å²) in [5.74, 6) is -6.23. The van der Waals surface area contributed by atoms with Crippen molar-refractivity contribution in [3.05, 3.63) is 131 Å². The first kappa shape index (κ1) is 29.1. The average Bonchev–Trinajstić information content (AvgIpc) is 3.39. The summed E-state index contributed by atoms with van der Waals surface area (Å²) in [6, 6.07) is 19.6. The Kier molecular flexibility index (Phi) is 8.98. The summed E-state index contributed by atoms with van der Waals surface area (Å²) in [6.45, 7) is 0.310. The van der Waals surface area contributed by atoms with Gasteiger partial charge in [0.25, 0.3) is 0 Å². The molecule has 4 aromatic rings. The zero-order chi connectivity index (χ0) is 30.2. The van der Waals surface area contributed by atoms with E-state index < -0.39 is 35.1 Å². The summed E-state index contributed by atoms with van der Waals surface area (Å²) >= 11 is 0. The number of nitrogens with zero attached hydrogens (tertiary/aromatic N) is 1. The third kappa shape index (κ3) is 7.18. The van der Waals surface area contributed by atoms with Gasteiger partial charge < -0.3 is 25.6 Å². The van der Waals surface area contributed by atoms with Crippen LogP contribution >= 0.6 is 0 Å². The van der Waals surface area contributed by atoms with Gasteiger partial charge in [0.15, 0.2) is 0 Å². The first-order valence-corrected chi connectivity index (χ1v) is 12.1. The van der Waals surface area contributed by atoms with Crippen molar-refractivity contribution >= 4 is 34.9 Å². The molecule has 0 saturated heterocycles. The molecular weight excluding hydrogens is 552 g/mol. The van der Waals surface area contributed by atoms with Crippen molar-refractivity contribution in [3.63, 3.8) is 0 Å². The summed E-state index contributed by atoms with van der Waals surface area (Å²) in [6.07, 6.45) is 3.38. The Morgan fingerprint density at radius 2 is 1.38 bits per heavy atom. The second-order valence-electron chi connectivity index (χ2n) is 8.65. The summed E-state index contributed by atoms with van der Waals surface area (Å²) in [7, 11) is 0. The number of ether oxygens (including phenoxy) is 1.